The topological polar surface area (TPSA) is 98.5 Å². The molecule has 0 amide bonds. The van der Waals surface area contributed by atoms with Crippen molar-refractivity contribution in [1.29, 1.82) is 0 Å². The number of nitrogens with one attached hydrogen (secondary N) is 1. The first kappa shape index (κ1) is 16.6. The molecule has 22 heavy (non-hydrogen) atoms. The average molecular weight is 365 g/mol. The predicted octanol–water partition coefficient (Wildman–Crippen LogP) is 2.96. The highest BCUT2D eigenvalue weighted by molar-refractivity contribution is 7.92. The third kappa shape index (κ3) is 3.70. The maximum Gasteiger partial charge on any atom is 0.360 e. The van der Waals surface area contributed by atoms with Crippen LogP contribution in [-0.2, 0) is 14.8 Å². The van der Waals surface area contributed by atoms with Gasteiger partial charge in [-0.15, -0.1) is 0 Å². The fraction of sp³-hybridized carbons (Fsp3) is 0.167. The monoisotopic (exact) mass is 364 g/mol. The van der Waals surface area contributed by atoms with Gasteiger partial charge in [0.2, 0.25) is 0 Å². The van der Waals surface area contributed by atoms with Crippen LogP contribution in [0.5, 0.6) is 0 Å². The number of oxazole rings is 1. The number of nitrogens with zero attached hydrogens (tertiary/aromatic N) is 1. The lowest BCUT2D eigenvalue weighted by molar-refractivity contribution is 0.0519. The zero-order valence-corrected chi connectivity index (χ0v) is 13.5. The Bertz CT molecular complexity index is 804. The number of benzene rings is 1. The summed E-state index contributed by atoms with van der Waals surface area (Å²) in [6, 6.07) is 3.43. The molecule has 0 fully saturated rings. The first-order valence-corrected chi connectivity index (χ1v) is 8.18. The van der Waals surface area contributed by atoms with Crippen LogP contribution >= 0.6 is 23.2 Å². The van der Waals surface area contributed by atoms with E-state index in [9.17, 15) is 13.2 Å². The summed E-state index contributed by atoms with van der Waals surface area (Å²) in [5, 5.41) is 0.311. The molecular formula is C12H10Cl2N2O5S. The molecule has 118 valence electrons. The Morgan fingerprint density at radius 3 is 2.73 bits per heavy atom. The van der Waals surface area contributed by atoms with Crippen LogP contribution < -0.4 is 4.72 Å². The number of ether oxygens (including phenoxy) is 1. The number of halogens is 2. The molecule has 7 nitrogen and oxygen atoms in total. The Kier molecular flexibility index (Phi) is 4.94. The largest absolute Gasteiger partial charge is 0.461 e. The van der Waals surface area contributed by atoms with Crippen molar-refractivity contribution in [2.45, 2.75) is 11.8 Å². The summed E-state index contributed by atoms with van der Waals surface area (Å²) in [6.07, 6.45) is 0.991. The van der Waals surface area contributed by atoms with Crippen molar-refractivity contribution in [3.8, 4) is 0 Å². The van der Waals surface area contributed by atoms with Gasteiger partial charge in [0, 0.05) is 0 Å². The van der Waals surface area contributed by atoms with Gasteiger partial charge >= 0.3 is 12.0 Å². The normalized spacial score (nSPS) is 11.2. The summed E-state index contributed by atoms with van der Waals surface area (Å²) in [5.74, 6) is -0.716. The molecule has 0 aliphatic rings. The molecule has 2 rings (SSSR count). The van der Waals surface area contributed by atoms with Gasteiger partial charge in [0.05, 0.1) is 21.5 Å². The van der Waals surface area contributed by atoms with Gasteiger partial charge in [-0.05, 0) is 25.1 Å². The lowest BCUT2D eigenvalue weighted by Crippen LogP contribution is -2.13. The van der Waals surface area contributed by atoms with E-state index >= 15 is 0 Å². The van der Waals surface area contributed by atoms with E-state index in [4.69, 9.17) is 32.4 Å². The minimum atomic E-state index is -3.98. The van der Waals surface area contributed by atoms with Crippen LogP contribution in [0.25, 0.3) is 0 Å². The Labute approximate surface area is 136 Å². The van der Waals surface area contributed by atoms with Crippen LogP contribution in [0.4, 0.5) is 6.01 Å². The summed E-state index contributed by atoms with van der Waals surface area (Å²) in [4.78, 5) is 15.0. The van der Waals surface area contributed by atoms with Crippen molar-refractivity contribution in [3.63, 3.8) is 0 Å². The number of aromatic nitrogens is 1. The first-order valence-electron chi connectivity index (χ1n) is 5.94. The van der Waals surface area contributed by atoms with E-state index in [1.807, 2.05) is 0 Å². The minimum Gasteiger partial charge on any atom is -0.461 e. The second-order valence-corrected chi connectivity index (χ2v) is 6.44. The van der Waals surface area contributed by atoms with Gasteiger partial charge in [-0.25, -0.2) is 17.9 Å². The molecule has 10 heteroatoms. The van der Waals surface area contributed by atoms with Crippen LogP contribution in [0.1, 0.15) is 17.4 Å². The number of rotatable bonds is 5. The Morgan fingerprint density at radius 1 is 1.36 bits per heavy atom. The summed E-state index contributed by atoms with van der Waals surface area (Å²) < 4.78 is 36.0. The molecule has 1 heterocycles. The van der Waals surface area contributed by atoms with Crippen molar-refractivity contribution in [2.75, 3.05) is 11.3 Å². The average Bonchev–Trinajstić information content (AvgIpc) is 2.90. The number of esters is 1. The Morgan fingerprint density at radius 2 is 2.09 bits per heavy atom. The molecular weight excluding hydrogens is 355 g/mol. The lowest BCUT2D eigenvalue weighted by atomic mass is 10.4. The van der Waals surface area contributed by atoms with Gasteiger partial charge in [-0.2, -0.15) is 4.98 Å². The maximum atomic E-state index is 12.1. The van der Waals surface area contributed by atoms with Crippen molar-refractivity contribution in [2.24, 2.45) is 0 Å². The molecule has 1 N–H and O–H groups in total. The summed E-state index contributed by atoms with van der Waals surface area (Å²) in [6.45, 7) is 1.79. The molecule has 0 saturated carbocycles. The summed E-state index contributed by atoms with van der Waals surface area (Å²) in [5.41, 5.74) is -0.145. The standard InChI is InChI=1S/C12H10Cl2N2O5S/c1-2-20-11(17)10-6-21-12(15-10)16-22(18,19)7-3-4-8(13)9(14)5-7/h3-6H,2H2,1H3,(H,15,16). The van der Waals surface area contributed by atoms with Gasteiger partial charge in [0.25, 0.3) is 10.0 Å². The molecule has 0 spiro atoms. The molecule has 0 saturated heterocycles. The SMILES string of the molecule is CCOC(=O)c1coc(NS(=O)(=O)c2ccc(Cl)c(Cl)c2)n1. The molecule has 0 bridgehead atoms. The molecule has 0 aliphatic heterocycles. The quantitative estimate of drug-likeness (QED) is 0.818. The van der Waals surface area contributed by atoms with Gasteiger partial charge in [0.1, 0.15) is 6.26 Å². The van der Waals surface area contributed by atoms with Crippen molar-refractivity contribution >= 4 is 45.2 Å². The van der Waals surface area contributed by atoms with Crippen LogP contribution in [-0.4, -0.2) is 26.0 Å². The number of sulfonamides is 1. The highest BCUT2D eigenvalue weighted by Gasteiger charge is 2.20. The fourth-order valence-electron chi connectivity index (χ4n) is 1.44. The van der Waals surface area contributed by atoms with E-state index < -0.39 is 16.0 Å². The minimum absolute atomic E-state index is 0.0872. The molecule has 1 aromatic heterocycles. The van der Waals surface area contributed by atoms with E-state index in [0.717, 1.165) is 6.26 Å². The van der Waals surface area contributed by atoms with Gasteiger partial charge in [-0.3, -0.25) is 0 Å². The highest BCUT2D eigenvalue weighted by atomic mass is 35.5. The maximum absolute atomic E-state index is 12.1. The van der Waals surface area contributed by atoms with Crippen LogP contribution in [0.15, 0.2) is 33.8 Å². The van der Waals surface area contributed by atoms with Crippen molar-refractivity contribution in [1.82, 2.24) is 4.98 Å². The lowest BCUT2D eigenvalue weighted by Gasteiger charge is -2.05. The number of carbonyl (C=O) groups is 1. The predicted molar refractivity (Wildman–Crippen MR) is 79.7 cm³/mol. The number of anilines is 1. The third-order valence-corrected chi connectivity index (χ3v) is 4.47. The van der Waals surface area contributed by atoms with E-state index in [0.29, 0.717) is 0 Å². The fourth-order valence-corrected chi connectivity index (χ4v) is 2.76. The van der Waals surface area contributed by atoms with Crippen LogP contribution in [0, 0.1) is 0 Å². The second-order valence-electron chi connectivity index (χ2n) is 3.94. The number of hydrogen-bond donors (Lipinski definition) is 1. The number of carbonyl (C=O) groups excluding carboxylic acids is 1. The molecule has 0 unspecified atom stereocenters. The Hall–Kier alpha value is -1.77. The van der Waals surface area contributed by atoms with Gasteiger partial charge < -0.3 is 9.15 Å². The van der Waals surface area contributed by atoms with E-state index in [2.05, 4.69) is 9.71 Å². The first-order chi connectivity index (χ1) is 10.3. The Balaban J connectivity index is 2.22. The van der Waals surface area contributed by atoms with Crippen LogP contribution in [0.2, 0.25) is 10.0 Å². The molecule has 0 atom stereocenters. The molecule has 2 aromatic rings. The van der Waals surface area contributed by atoms with Crippen LogP contribution in [0.3, 0.4) is 0 Å². The van der Waals surface area contributed by atoms with E-state index in [1.165, 1.54) is 18.2 Å². The third-order valence-electron chi connectivity index (χ3n) is 2.41. The molecule has 0 radical (unpaired) electrons. The smallest absolute Gasteiger partial charge is 0.360 e. The zero-order chi connectivity index (χ0) is 16.3. The van der Waals surface area contributed by atoms with E-state index in [1.54, 1.807) is 6.92 Å². The molecule has 1 aromatic carbocycles. The van der Waals surface area contributed by atoms with E-state index in [-0.39, 0.29) is 33.3 Å². The number of hydrogen-bond acceptors (Lipinski definition) is 6. The highest BCUT2D eigenvalue weighted by Crippen LogP contribution is 2.25. The molecule has 0 aliphatic carbocycles. The van der Waals surface area contributed by atoms with Crippen molar-refractivity contribution in [3.05, 3.63) is 40.2 Å². The van der Waals surface area contributed by atoms with Crippen molar-refractivity contribution < 1.29 is 22.4 Å². The summed E-state index contributed by atoms with van der Waals surface area (Å²) >= 11 is 11.5. The summed E-state index contributed by atoms with van der Waals surface area (Å²) in [7, 11) is -3.98. The van der Waals surface area contributed by atoms with Gasteiger partial charge in [-0.1, -0.05) is 23.2 Å². The zero-order valence-electron chi connectivity index (χ0n) is 11.2. The second kappa shape index (κ2) is 6.55. The van der Waals surface area contributed by atoms with Gasteiger partial charge in [0.15, 0.2) is 5.69 Å².